The number of nitrogens with two attached hydrogens (primary N) is 2. The fourth-order valence-corrected chi connectivity index (χ4v) is 1.30. The van der Waals surface area contributed by atoms with Crippen LogP contribution in [0, 0.1) is 5.41 Å². The Balaban J connectivity index is 2.63. The number of rotatable bonds is 5. The number of carbonyl (C=O) groups excluding carboxylic acids is 1. The topological polar surface area (TPSA) is 105 Å². The molecular formula is C11H16N4O. The second-order valence-corrected chi connectivity index (χ2v) is 3.48. The predicted molar refractivity (Wildman–Crippen MR) is 64.4 cm³/mol. The van der Waals surface area contributed by atoms with E-state index in [9.17, 15) is 4.79 Å². The Labute approximate surface area is 94.3 Å². The van der Waals surface area contributed by atoms with Gasteiger partial charge in [0.2, 0.25) is 5.91 Å². The standard InChI is InChI=1S/C11H16N4O/c12-7-11(16)15-9-3-1-2-8(6-9)4-5-10(13)14/h1-3,6H,4-5,7,12H2,(H3,13,14)(H,15,16). The monoisotopic (exact) mass is 220 g/mol. The van der Waals surface area contributed by atoms with Crippen LogP contribution in [-0.4, -0.2) is 18.3 Å². The first-order valence-corrected chi connectivity index (χ1v) is 5.03. The average Bonchev–Trinajstić information content (AvgIpc) is 2.26. The van der Waals surface area contributed by atoms with Crippen LogP contribution in [0.2, 0.25) is 0 Å². The molecule has 0 spiro atoms. The zero-order valence-corrected chi connectivity index (χ0v) is 8.99. The smallest absolute Gasteiger partial charge is 0.238 e. The van der Waals surface area contributed by atoms with Crippen LogP contribution in [0.15, 0.2) is 24.3 Å². The fraction of sp³-hybridized carbons (Fsp3) is 0.273. The molecule has 1 aromatic rings. The number of amidine groups is 1. The average molecular weight is 220 g/mol. The molecule has 16 heavy (non-hydrogen) atoms. The highest BCUT2D eigenvalue weighted by Gasteiger charge is 2.00. The first-order valence-electron chi connectivity index (χ1n) is 5.03. The summed E-state index contributed by atoms with van der Waals surface area (Å²) in [6, 6.07) is 7.43. The second kappa shape index (κ2) is 5.87. The first-order chi connectivity index (χ1) is 7.61. The van der Waals surface area contributed by atoms with Crippen molar-refractivity contribution in [3.8, 4) is 0 Å². The zero-order valence-electron chi connectivity index (χ0n) is 8.99. The summed E-state index contributed by atoms with van der Waals surface area (Å²) >= 11 is 0. The molecule has 0 bridgehead atoms. The lowest BCUT2D eigenvalue weighted by molar-refractivity contribution is -0.114. The van der Waals surface area contributed by atoms with Gasteiger partial charge in [-0.1, -0.05) is 12.1 Å². The number of benzene rings is 1. The third-order valence-electron chi connectivity index (χ3n) is 2.08. The van der Waals surface area contributed by atoms with E-state index in [1.165, 1.54) is 0 Å². The van der Waals surface area contributed by atoms with Crippen LogP contribution in [0.3, 0.4) is 0 Å². The van der Waals surface area contributed by atoms with E-state index in [1.54, 1.807) is 6.07 Å². The van der Waals surface area contributed by atoms with Crippen molar-refractivity contribution in [1.82, 2.24) is 0 Å². The number of hydrogen-bond acceptors (Lipinski definition) is 3. The zero-order chi connectivity index (χ0) is 12.0. The lowest BCUT2D eigenvalue weighted by Gasteiger charge is -2.06. The molecule has 1 amide bonds. The van der Waals surface area contributed by atoms with Gasteiger partial charge in [-0.05, 0) is 24.1 Å². The second-order valence-electron chi connectivity index (χ2n) is 3.48. The Morgan fingerprint density at radius 3 is 2.81 bits per heavy atom. The molecule has 5 heteroatoms. The summed E-state index contributed by atoms with van der Waals surface area (Å²) in [5, 5.41) is 9.80. The number of amides is 1. The summed E-state index contributed by atoms with van der Waals surface area (Å²) in [6.45, 7) is -0.0301. The van der Waals surface area contributed by atoms with Crippen molar-refractivity contribution in [2.45, 2.75) is 12.8 Å². The molecular weight excluding hydrogens is 204 g/mol. The minimum atomic E-state index is -0.219. The highest BCUT2D eigenvalue weighted by Crippen LogP contribution is 2.11. The summed E-state index contributed by atoms with van der Waals surface area (Å²) in [5.74, 6) is -0.0554. The highest BCUT2D eigenvalue weighted by atomic mass is 16.1. The highest BCUT2D eigenvalue weighted by molar-refractivity contribution is 5.92. The Morgan fingerprint density at radius 2 is 2.19 bits per heavy atom. The van der Waals surface area contributed by atoms with Crippen molar-refractivity contribution < 1.29 is 4.79 Å². The van der Waals surface area contributed by atoms with Crippen LogP contribution in [0.1, 0.15) is 12.0 Å². The van der Waals surface area contributed by atoms with Gasteiger partial charge in [-0.25, -0.2) is 0 Å². The van der Waals surface area contributed by atoms with Crippen molar-refractivity contribution in [3.05, 3.63) is 29.8 Å². The van der Waals surface area contributed by atoms with Crippen LogP contribution in [-0.2, 0) is 11.2 Å². The summed E-state index contributed by atoms with van der Waals surface area (Å²) in [5.41, 5.74) is 12.2. The van der Waals surface area contributed by atoms with E-state index < -0.39 is 0 Å². The van der Waals surface area contributed by atoms with Gasteiger partial charge in [-0.15, -0.1) is 0 Å². The number of carbonyl (C=O) groups is 1. The molecule has 0 heterocycles. The maximum absolute atomic E-state index is 11.1. The maximum atomic E-state index is 11.1. The molecule has 0 aliphatic heterocycles. The number of aryl methyl sites for hydroxylation is 1. The van der Waals surface area contributed by atoms with E-state index in [4.69, 9.17) is 16.9 Å². The third-order valence-corrected chi connectivity index (χ3v) is 2.08. The van der Waals surface area contributed by atoms with Gasteiger partial charge in [0.25, 0.3) is 0 Å². The molecule has 0 unspecified atom stereocenters. The van der Waals surface area contributed by atoms with Crippen LogP contribution in [0.5, 0.6) is 0 Å². The molecule has 5 nitrogen and oxygen atoms in total. The van der Waals surface area contributed by atoms with Gasteiger partial charge >= 0.3 is 0 Å². The molecule has 0 aliphatic carbocycles. The Morgan fingerprint density at radius 1 is 1.44 bits per heavy atom. The maximum Gasteiger partial charge on any atom is 0.238 e. The largest absolute Gasteiger partial charge is 0.388 e. The number of hydrogen-bond donors (Lipinski definition) is 4. The van der Waals surface area contributed by atoms with E-state index in [0.717, 1.165) is 11.3 Å². The molecule has 6 N–H and O–H groups in total. The molecule has 0 saturated carbocycles. The Hall–Kier alpha value is -1.88. The lowest BCUT2D eigenvalue weighted by atomic mass is 10.1. The van der Waals surface area contributed by atoms with Crippen LogP contribution in [0.25, 0.3) is 0 Å². The van der Waals surface area contributed by atoms with Crippen molar-refractivity contribution >= 4 is 17.4 Å². The molecule has 0 atom stereocenters. The lowest BCUT2D eigenvalue weighted by Crippen LogP contribution is -2.21. The molecule has 86 valence electrons. The van der Waals surface area contributed by atoms with Crippen LogP contribution in [0.4, 0.5) is 5.69 Å². The quantitative estimate of drug-likeness (QED) is 0.427. The minimum absolute atomic E-state index is 0.0301. The Bertz CT molecular complexity index is 389. The summed E-state index contributed by atoms with van der Waals surface area (Å²) in [6.07, 6.45) is 1.22. The summed E-state index contributed by atoms with van der Waals surface area (Å²) < 4.78 is 0. The van der Waals surface area contributed by atoms with Gasteiger partial charge in [0.15, 0.2) is 0 Å². The molecule has 1 rings (SSSR count). The molecule has 0 radical (unpaired) electrons. The van der Waals surface area contributed by atoms with E-state index >= 15 is 0 Å². The third kappa shape index (κ3) is 4.10. The summed E-state index contributed by atoms with van der Waals surface area (Å²) in [4.78, 5) is 11.1. The van der Waals surface area contributed by atoms with Crippen LogP contribution >= 0.6 is 0 Å². The van der Waals surface area contributed by atoms with Gasteiger partial charge < -0.3 is 16.8 Å². The van der Waals surface area contributed by atoms with Crippen molar-refractivity contribution in [3.63, 3.8) is 0 Å². The Kier molecular flexibility index (Phi) is 4.47. The van der Waals surface area contributed by atoms with Gasteiger partial charge in [0.1, 0.15) is 0 Å². The number of nitrogens with one attached hydrogen (secondary N) is 2. The van der Waals surface area contributed by atoms with Crippen molar-refractivity contribution in [1.29, 1.82) is 5.41 Å². The number of anilines is 1. The molecule has 0 saturated heterocycles. The van der Waals surface area contributed by atoms with Gasteiger partial charge in [0.05, 0.1) is 12.4 Å². The SMILES string of the molecule is N=C(N)CCc1cccc(NC(=O)CN)c1. The van der Waals surface area contributed by atoms with Crippen molar-refractivity contribution in [2.24, 2.45) is 11.5 Å². The molecule has 0 fully saturated rings. The first kappa shape index (κ1) is 12.2. The van der Waals surface area contributed by atoms with E-state index in [0.29, 0.717) is 12.8 Å². The summed E-state index contributed by atoms with van der Waals surface area (Å²) in [7, 11) is 0. The van der Waals surface area contributed by atoms with Crippen LogP contribution < -0.4 is 16.8 Å². The molecule has 0 aliphatic rings. The van der Waals surface area contributed by atoms with Gasteiger partial charge in [-0.3, -0.25) is 10.2 Å². The van der Waals surface area contributed by atoms with E-state index in [2.05, 4.69) is 5.32 Å². The van der Waals surface area contributed by atoms with Crippen molar-refractivity contribution in [2.75, 3.05) is 11.9 Å². The molecule has 0 aromatic heterocycles. The van der Waals surface area contributed by atoms with Gasteiger partial charge in [-0.2, -0.15) is 0 Å². The molecule has 1 aromatic carbocycles. The normalized spacial score (nSPS) is 9.81. The minimum Gasteiger partial charge on any atom is -0.388 e. The van der Waals surface area contributed by atoms with E-state index in [-0.39, 0.29) is 18.3 Å². The predicted octanol–water partition coefficient (Wildman–Crippen LogP) is 0.452. The van der Waals surface area contributed by atoms with Gasteiger partial charge in [0, 0.05) is 12.1 Å². The van der Waals surface area contributed by atoms with E-state index in [1.807, 2.05) is 18.2 Å². The fourth-order valence-electron chi connectivity index (χ4n) is 1.30.